The molecule has 1 fully saturated rings. The summed E-state index contributed by atoms with van der Waals surface area (Å²) in [6.45, 7) is -0.0134. The second-order valence-electron chi connectivity index (χ2n) is 21.2. The second kappa shape index (κ2) is 56.9. The summed E-state index contributed by atoms with van der Waals surface area (Å²) in [6, 6.07) is 23.2. The molecule has 4 rings (SSSR count). The average molecular weight is 1440 g/mol. The Morgan fingerprint density at radius 2 is 0.742 bits per heavy atom. The number of alkyl carbamates (subject to hydrolysis) is 2. The van der Waals surface area contributed by atoms with Crippen LogP contribution in [0.25, 0.3) is 0 Å². The molecule has 32 heteroatoms. The van der Waals surface area contributed by atoms with Gasteiger partial charge >= 0.3 is 77.8 Å². The Hall–Kier alpha value is -8.23. The molecule has 0 saturated carbocycles. The van der Waals surface area contributed by atoms with E-state index in [1.54, 1.807) is 66.7 Å². The summed E-state index contributed by atoms with van der Waals surface area (Å²) >= 11 is 2.60. The number of carbonyl (C=O) groups is 13. The van der Waals surface area contributed by atoms with Crippen LogP contribution in [-0.2, 0) is 80.2 Å². The molecular weight excluding hydrogens is 1350 g/mol. The fraction of sp³-hybridized carbons (Fsp3) is 0.523. The normalized spacial score (nSPS) is 13.2. The number of nitrogens with one attached hydrogen (secondary N) is 2. The highest BCUT2D eigenvalue weighted by Gasteiger charge is 2.44. The molecule has 1 aliphatic rings. The van der Waals surface area contributed by atoms with Crippen molar-refractivity contribution in [2.24, 2.45) is 5.92 Å². The minimum absolute atomic E-state index is 0.00671. The summed E-state index contributed by atoms with van der Waals surface area (Å²) in [5.41, 5.74) is 1.79. The highest BCUT2D eigenvalue weighted by Crippen LogP contribution is 2.25. The molecule has 0 aliphatic carbocycles. The quantitative estimate of drug-likeness (QED) is 0.00822. The van der Waals surface area contributed by atoms with Gasteiger partial charge in [0.15, 0.2) is 5.92 Å². The predicted octanol–water partition coefficient (Wildman–Crippen LogP) is 10.7. The fourth-order valence-electron chi connectivity index (χ4n) is 8.25. The van der Waals surface area contributed by atoms with Crippen LogP contribution in [0.15, 0.2) is 91.0 Å². The number of hydrogen-bond acceptors (Lipinski definition) is 20. The van der Waals surface area contributed by atoms with Crippen molar-refractivity contribution in [2.45, 2.75) is 172 Å². The van der Waals surface area contributed by atoms with Crippen LogP contribution in [0, 0.1) is 5.92 Å². The third-order valence-corrected chi connectivity index (χ3v) is 17.8. The molecule has 28 nitrogen and oxygen atoms in total. The van der Waals surface area contributed by atoms with Gasteiger partial charge in [-0.3, -0.25) is 38.4 Å². The van der Waals surface area contributed by atoms with Crippen molar-refractivity contribution in [2.75, 3.05) is 34.5 Å². The van der Waals surface area contributed by atoms with Gasteiger partial charge in [0, 0.05) is 35.9 Å². The maximum absolute atomic E-state index is 11.9. The maximum atomic E-state index is 11.9. The largest absolute Gasteiger partial charge is 0.481 e. The number of carbonyl (C=O) groups excluding carboxylic acids is 3. The number of thioether (sulfide) groups is 2. The highest BCUT2D eigenvalue weighted by molar-refractivity contribution is 8.76. The molecule has 2 unspecified atom stereocenters. The SMILES string of the molecule is O=C(N[C@@H](CSSC[C@H](NC(=O)OCc1ccccc1)C(=O)O)C(=O)O)OCc1ccccc1.O=C(O)C(C(=O)O)c1ccccc1.O=C(O)CCCCCCCCCCCCCCCCCCCCC(=O)O.O=C(O)CSCCSCC(=O)O.O=C1CC(C(=O)O)C(C(=O)O)O1. The van der Waals surface area contributed by atoms with E-state index in [9.17, 15) is 72.5 Å². The van der Waals surface area contributed by atoms with Crippen molar-refractivity contribution in [1.29, 1.82) is 0 Å². The van der Waals surface area contributed by atoms with Gasteiger partial charge in [-0.1, -0.05) is 215 Å². The summed E-state index contributed by atoms with van der Waals surface area (Å²) in [5, 5.41) is 90.8. The van der Waals surface area contributed by atoms with Crippen LogP contribution in [0.5, 0.6) is 0 Å². The molecule has 4 atom stereocenters. The smallest absolute Gasteiger partial charge is 0.408 e. The third-order valence-electron chi connectivity index (χ3n) is 13.2. The zero-order valence-electron chi connectivity index (χ0n) is 53.7. The lowest BCUT2D eigenvalue weighted by atomic mass is 10.00. The van der Waals surface area contributed by atoms with E-state index in [2.05, 4.69) is 15.4 Å². The Kier molecular flexibility index (Phi) is 52.1. The number of unbranched alkanes of at least 4 members (excludes halogenated alkanes) is 17. The predicted molar refractivity (Wildman–Crippen MR) is 363 cm³/mol. The summed E-state index contributed by atoms with van der Waals surface area (Å²) in [7, 11) is 2.08. The Balaban J connectivity index is 0.00000128. The maximum Gasteiger partial charge on any atom is 0.408 e. The molecule has 0 radical (unpaired) electrons. The molecule has 1 aliphatic heterocycles. The zero-order chi connectivity index (χ0) is 72.6. The lowest BCUT2D eigenvalue weighted by Crippen LogP contribution is -2.43. The second-order valence-corrected chi connectivity index (χ2v) is 26.0. The lowest BCUT2D eigenvalue weighted by molar-refractivity contribution is -0.161. The van der Waals surface area contributed by atoms with Crippen LogP contribution in [0.2, 0.25) is 0 Å². The van der Waals surface area contributed by atoms with Crippen LogP contribution in [-0.4, -0.2) is 182 Å². The summed E-state index contributed by atoms with van der Waals surface area (Å²) in [5.74, 6) is -13.0. The first-order valence-electron chi connectivity index (χ1n) is 31.1. The topological polar surface area (TPSA) is 476 Å². The molecule has 1 heterocycles. The first-order chi connectivity index (χ1) is 46.2. The van der Waals surface area contributed by atoms with Crippen LogP contribution in [0.1, 0.15) is 157 Å². The number of carboxylic acid groups (broad SMARTS) is 10. The van der Waals surface area contributed by atoms with E-state index in [0.29, 0.717) is 24.3 Å². The van der Waals surface area contributed by atoms with Gasteiger partial charge in [0.1, 0.15) is 31.2 Å². The van der Waals surface area contributed by atoms with E-state index in [4.69, 9.17) is 50.3 Å². The molecule has 0 bridgehead atoms. The van der Waals surface area contributed by atoms with Gasteiger partial charge in [-0.25, -0.2) is 24.0 Å². The molecule has 0 aromatic heterocycles. The molecular formula is C65H90N2O26S4. The summed E-state index contributed by atoms with van der Waals surface area (Å²) in [6.07, 6.45) is 19.1. The lowest BCUT2D eigenvalue weighted by Gasteiger charge is -2.16. The number of cyclic esters (lactones) is 1. The summed E-state index contributed by atoms with van der Waals surface area (Å²) in [4.78, 5) is 140. The monoisotopic (exact) mass is 1440 g/mol. The minimum atomic E-state index is -1.53. The van der Waals surface area contributed by atoms with E-state index in [-0.39, 0.29) is 48.2 Å². The van der Waals surface area contributed by atoms with Crippen molar-refractivity contribution in [1.82, 2.24) is 10.6 Å². The average Bonchev–Trinajstić information content (AvgIpc) is 1.78. The van der Waals surface area contributed by atoms with E-state index in [1.807, 2.05) is 12.1 Å². The Bertz CT molecular complexity index is 2640. The van der Waals surface area contributed by atoms with Gasteiger partial charge in [0.2, 0.25) is 6.10 Å². The first kappa shape index (κ1) is 88.8. The Labute approximate surface area is 578 Å². The number of amides is 2. The van der Waals surface area contributed by atoms with Crippen LogP contribution in [0.4, 0.5) is 9.59 Å². The molecule has 3 aromatic rings. The van der Waals surface area contributed by atoms with Gasteiger partial charge < -0.3 is 75.9 Å². The molecule has 12 N–H and O–H groups in total. The number of ether oxygens (including phenoxy) is 3. The van der Waals surface area contributed by atoms with Crippen molar-refractivity contribution >= 4 is 123 Å². The van der Waals surface area contributed by atoms with Crippen molar-refractivity contribution in [3.63, 3.8) is 0 Å². The molecule has 3 aromatic carbocycles. The van der Waals surface area contributed by atoms with Crippen molar-refractivity contribution < 1.29 is 128 Å². The number of hydrogen-bond donors (Lipinski definition) is 12. The van der Waals surface area contributed by atoms with Crippen LogP contribution < -0.4 is 10.6 Å². The number of rotatable bonds is 46. The van der Waals surface area contributed by atoms with Gasteiger partial charge in [-0.05, 0) is 29.5 Å². The standard InChI is InChI=1S/C22H24N2O8S2.C22H42O4.C9H8O4.C6H6O6.C6H10O4S2/c25-19(26)17(23-21(29)31-11-15-7-3-1-4-8-15)13-33-34-14-18(20(27)28)24-22(30)32-12-16-9-5-2-6-10-16;23-21(24)19-17-15-13-11-9-7-5-3-1-2-4-6-8-10-12-14-16-18-20-22(25)26;10-8(11)7(9(12)13)6-4-2-1-3-5-6;7-3-1-2(5(8)9)4(12-3)6(10)11;7-5(8)3-11-1-2-12-4-6(9)10/h1-10,17-18H,11-14H2,(H,23,29)(H,24,30)(H,25,26)(H,27,28);1-20H2,(H,23,24)(H,25,26);1-5,7H,(H,10,11)(H,12,13);2,4H,1H2,(H,8,9)(H,10,11);1-4H2,(H,7,8)(H,9,10)/t17-,18-;;;;/m0..../s1. The van der Waals surface area contributed by atoms with Crippen molar-refractivity contribution in [3.05, 3.63) is 108 Å². The van der Waals surface area contributed by atoms with E-state index in [0.717, 1.165) is 58.4 Å². The van der Waals surface area contributed by atoms with Crippen LogP contribution in [0.3, 0.4) is 0 Å². The van der Waals surface area contributed by atoms with Gasteiger partial charge in [-0.15, -0.1) is 23.5 Å². The zero-order valence-corrected chi connectivity index (χ0v) is 57.0. The first-order valence-corrected chi connectivity index (χ1v) is 35.9. The van der Waals surface area contributed by atoms with Gasteiger partial charge in [0.25, 0.3) is 0 Å². The molecule has 0 spiro atoms. The molecule has 1 saturated heterocycles. The van der Waals surface area contributed by atoms with E-state index >= 15 is 0 Å². The number of aliphatic carboxylic acids is 10. The van der Waals surface area contributed by atoms with Crippen molar-refractivity contribution in [3.8, 4) is 0 Å². The molecule has 2 amide bonds. The number of benzene rings is 3. The number of esters is 1. The Morgan fingerprint density at radius 3 is 1.01 bits per heavy atom. The highest BCUT2D eigenvalue weighted by atomic mass is 33.1. The third kappa shape index (κ3) is 50.8. The molecule has 540 valence electrons. The van der Waals surface area contributed by atoms with E-state index < -0.39 is 108 Å². The number of carboxylic acids is 10. The van der Waals surface area contributed by atoms with Gasteiger partial charge in [0.05, 0.1) is 17.9 Å². The van der Waals surface area contributed by atoms with Gasteiger partial charge in [-0.2, -0.15) is 0 Å². The summed E-state index contributed by atoms with van der Waals surface area (Å²) < 4.78 is 14.3. The minimum Gasteiger partial charge on any atom is -0.481 e. The fourth-order valence-corrected chi connectivity index (χ4v) is 12.1. The van der Waals surface area contributed by atoms with E-state index in [1.165, 1.54) is 126 Å². The van der Waals surface area contributed by atoms with Crippen LogP contribution >= 0.6 is 45.1 Å². The Morgan fingerprint density at radius 1 is 0.423 bits per heavy atom. The molecule has 97 heavy (non-hydrogen) atoms.